The summed E-state index contributed by atoms with van der Waals surface area (Å²) >= 11 is 0. The van der Waals surface area contributed by atoms with Gasteiger partial charge in [-0.3, -0.25) is 9.78 Å². The fourth-order valence-electron chi connectivity index (χ4n) is 6.04. The Morgan fingerprint density at radius 1 is 1.18 bits per heavy atom. The van der Waals surface area contributed by atoms with Crippen molar-refractivity contribution < 1.29 is 18.7 Å². The van der Waals surface area contributed by atoms with Gasteiger partial charge in [0.25, 0.3) is 0 Å². The van der Waals surface area contributed by atoms with E-state index in [-0.39, 0.29) is 46.5 Å². The first kappa shape index (κ1) is 31.2. The van der Waals surface area contributed by atoms with Crippen molar-refractivity contribution in [2.75, 3.05) is 18.0 Å². The van der Waals surface area contributed by atoms with Crippen LogP contribution in [0.1, 0.15) is 69.8 Å². The second-order valence-electron chi connectivity index (χ2n) is 12.0. The number of carbonyl (C=O) groups is 1. The third-order valence-electron chi connectivity index (χ3n) is 8.33. The summed E-state index contributed by atoms with van der Waals surface area (Å²) < 4.78 is 32.0. The highest BCUT2D eigenvalue weighted by atomic mass is 19.1. The number of aliphatic hydroxyl groups excluding tert-OH is 1. The molecule has 0 aromatic carbocycles. The molecule has 4 heterocycles. The van der Waals surface area contributed by atoms with E-state index in [1.165, 1.54) is 34.9 Å². The predicted molar refractivity (Wildman–Crippen MR) is 166 cm³/mol. The molecule has 0 radical (unpaired) electrons. The van der Waals surface area contributed by atoms with Gasteiger partial charge in [-0.25, -0.2) is 23.1 Å². The molecule has 1 saturated heterocycles. The molecule has 1 aliphatic carbocycles. The van der Waals surface area contributed by atoms with Gasteiger partial charge in [-0.2, -0.15) is 4.98 Å². The average Bonchev–Trinajstić information content (AvgIpc) is 3.41. The van der Waals surface area contributed by atoms with Crippen molar-refractivity contribution in [3.8, 4) is 5.69 Å². The molecule has 1 amide bonds. The fourth-order valence-corrected chi connectivity index (χ4v) is 6.04. The smallest absolute Gasteiger partial charge is 0.355 e. The maximum Gasteiger partial charge on any atom is 0.355 e. The maximum absolute atomic E-state index is 15.9. The predicted octanol–water partition coefficient (Wildman–Crippen LogP) is 4.87. The number of anilines is 1. The lowest BCUT2D eigenvalue weighted by Gasteiger charge is -2.44. The standard InChI is InChI=1S/C33H38F2N6O3/c1-7-27(43)39-16-20(5)40(17-19(39)4)31-24-15-26(35)29(23-9-8-10-25(23)34)37-32(24)41(33(44)38-31)30-22(12-11-21(6)42)13-14-36-28(30)18(2)3/h7-10,13-15,18-21,23,42H,1,11-12,16-17H2,2-6H3/t19-,20+,21?,23?/m1/s1. The molecule has 232 valence electrons. The summed E-state index contributed by atoms with van der Waals surface area (Å²) in [6.45, 7) is 13.7. The van der Waals surface area contributed by atoms with Crippen molar-refractivity contribution in [2.24, 2.45) is 0 Å². The number of carbonyl (C=O) groups excluding carboxylic acids is 1. The number of piperazine rings is 1. The Hall–Kier alpha value is -4.25. The second kappa shape index (κ2) is 12.4. The summed E-state index contributed by atoms with van der Waals surface area (Å²) in [4.78, 5) is 44.1. The fraction of sp³-hybridized carbons (Fsp3) is 0.424. The number of nitrogens with zero attached hydrogens (tertiary/aromatic N) is 6. The summed E-state index contributed by atoms with van der Waals surface area (Å²) in [7, 11) is 0. The second-order valence-corrected chi connectivity index (χ2v) is 12.0. The van der Waals surface area contributed by atoms with Gasteiger partial charge in [0.2, 0.25) is 5.91 Å². The summed E-state index contributed by atoms with van der Waals surface area (Å²) in [5, 5.41) is 10.3. The van der Waals surface area contributed by atoms with Crippen LogP contribution in [0.3, 0.4) is 0 Å². The number of aromatic nitrogens is 4. The molecule has 0 spiro atoms. The van der Waals surface area contributed by atoms with Crippen LogP contribution in [0.5, 0.6) is 0 Å². The number of halogens is 2. The molecule has 44 heavy (non-hydrogen) atoms. The quantitative estimate of drug-likeness (QED) is 0.366. The van der Waals surface area contributed by atoms with Crippen LogP contribution in [0.15, 0.2) is 59.8 Å². The lowest BCUT2D eigenvalue weighted by molar-refractivity contribution is -0.128. The zero-order valence-electron chi connectivity index (χ0n) is 25.7. The maximum atomic E-state index is 15.9. The number of hydrogen-bond acceptors (Lipinski definition) is 7. The van der Waals surface area contributed by atoms with E-state index in [9.17, 15) is 19.1 Å². The van der Waals surface area contributed by atoms with Gasteiger partial charge in [0.05, 0.1) is 34.5 Å². The van der Waals surface area contributed by atoms with Crippen LogP contribution in [0.4, 0.5) is 14.6 Å². The molecule has 1 N–H and O–H groups in total. The summed E-state index contributed by atoms with van der Waals surface area (Å²) in [5.74, 6) is -2.37. The van der Waals surface area contributed by atoms with Gasteiger partial charge in [0.1, 0.15) is 17.5 Å². The van der Waals surface area contributed by atoms with Crippen LogP contribution in [0.25, 0.3) is 16.7 Å². The van der Waals surface area contributed by atoms with Crippen molar-refractivity contribution in [3.05, 3.63) is 88.3 Å². The number of hydrogen-bond donors (Lipinski definition) is 1. The summed E-state index contributed by atoms with van der Waals surface area (Å²) in [5.41, 5.74) is 1.18. The molecule has 1 fully saturated rings. The lowest BCUT2D eigenvalue weighted by atomic mass is 9.99. The van der Waals surface area contributed by atoms with E-state index in [4.69, 9.17) is 0 Å². The van der Waals surface area contributed by atoms with Crippen LogP contribution in [-0.4, -0.2) is 66.7 Å². The normalized spacial score (nSPS) is 20.8. The Balaban J connectivity index is 1.80. The molecule has 0 bridgehead atoms. The third-order valence-corrected chi connectivity index (χ3v) is 8.33. The van der Waals surface area contributed by atoms with Crippen LogP contribution in [0, 0.1) is 5.82 Å². The number of aryl methyl sites for hydroxylation is 1. The van der Waals surface area contributed by atoms with E-state index >= 15 is 4.39 Å². The van der Waals surface area contributed by atoms with Crippen LogP contribution in [-0.2, 0) is 11.2 Å². The zero-order chi connectivity index (χ0) is 31.9. The van der Waals surface area contributed by atoms with Crippen molar-refractivity contribution in [2.45, 2.75) is 77.5 Å². The molecule has 11 heteroatoms. The van der Waals surface area contributed by atoms with E-state index in [0.29, 0.717) is 37.3 Å². The Labute approximate surface area is 255 Å². The number of allylic oxidation sites excluding steroid dienone is 4. The van der Waals surface area contributed by atoms with E-state index in [2.05, 4.69) is 21.5 Å². The Morgan fingerprint density at radius 2 is 1.93 bits per heavy atom. The van der Waals surface area contributed by atoms with Gasteiger partial charge in [-0.15, -0.1) is 0 Å². The number of rotatable bonds is 8. The first-order valence-electron chi connectivity index (χ1n) is 15.0. The van der Waals surface area contributed by atoms with E-state index < -0.39 is 29.4 Å². The summed E-state index contributed by atoms with van der Waals surface area (Å²) in [6.07, 6.45) is 7.53. The minimum Gasteiger partial charge on any atom is -0.393 e. The largest absolute Gasteiger partial charge is 0.393 e. The van der Waals surface area contributed by atoms with Crippen LogP contribution < -0.4 is 10.6 Å². The molecule has 1 aliphatic heterocycles. The Bertz CT molecular complexity index is 1730. The molecular weight excluding hydrogens is 566 g/mol. The molecule has 2 unspecified atom stereocenters. The van der Waals surface area contributed by atoms with E-state index in [1.54, 1.807) is 24.1 Å². The van der Waals surface area contributed by atoms with Crippen LogP contribution in [0.2, 0.25) is 0 Å². The highest BCUT2D eigenvalue weighted by molar-refractivity contribution is 5.90. The van der Waals surface area contributed by atoms with Crippen LogP contribution >= 0.6 is 0 Å². The number of pyridine rings is 2. The molecular formula is C33H38F2N6O3. The van der Waals surface area contributed by atoms with Crippen molar-refractivity contribution in [3.63, 3.8) is 0 Å². The van der Waals surface area contributed by atoms with Gasteiger partial charge < -0.3 is 14.9 Å². The van der Waals surface area contributed by atoms with Crippen molar-refractivity contribution in [1.29, 1.82) is 0 Å². The molecule has 3 aromatic heterocycles. The van der Waals surface area contributed by atoms with Gasteiger partial charge in [0, 0.05) is 31.4 Å². The summed E-state index contributed by atoms with van der Waals surface area (Å²) in [6, 6.07) is 2.55. The van der Waals surface area contributed by atoms with Gasteiger partial charge >= 0.3 is 5.69 Å². The molecule has 5 rings (SSSR count). The highest BCUT2D eigenvalue weighted by Crippen LogP contribution is 2.36. The van der Waals surface area contributed by atoms with Gasteiger partial charge in [-0.1, -0.05) is 32.6 Å². The minimum absolute atomic E-state index is 0.104. The molecule has 0 saturated carbocycles. The first-order chi connectivity index (χ1) is 20.9. The van der Waals surface area contributed by atoms with Gasteiger partial charge in [-0.05, 0) is 69.4 Å². The third kappa shape index (κ3) is 5.68. The van der Waals surface area contributed by atoms with E-state index in [1.807, 2.05) is 32.6 Å². The van der Waals surface area contributed by atoms with E-state index in [0.717, 1.165) is 5.56 Å². The SMILES string of the molecule is C=CC(=O)N1C[C@H](C)N(c2nc(=O)n(-c3c(CCC(C)O)ccnc3C(C)C)c3nc(C4C=CC=C4F)c(F)cc23)C[C@H]1C. The molecule has 3 aromatic rings. The topological polar surface area (TPSA) is 104 Å². The Kier molecular flexibility index (Phi) is 8.78. The first-order valence-corrected chi connectivity index (χ1v) is 15.0. The zero-order valence-corrected chi connectivity index (χ0v) is 25.7. The number of amides is 1. The lowest BCUT2D eigenvalue weighted by Crippen LogP contribution is -2.58. The van der Waals surface area contributed by atoms with Crippen molar-refractivity contribution in [1.82, 2.24) is 24.4 Å². The molecule has 4 atom stereocenters. The number of aliphatic hydroxyl groups is 1. The average molecular weight is 605 g/mol. The molecule has 9 nitrogen and oxygen atoms in total. The highest BCUT2D eigenvalue weighted by Gasteiger charge is 2.34. The minimum atomic E-state index is -1.03. The Morgan fingerprint density at radius 3 is 2.57 bits per heavy atom. The van der Waals surface area contributed by atoms with Crippen molar-refractivity contribution >= 4 is 22.8 Å². The molecule has 2 aliphatic rings. The monoisotopic (exact) mass is 604 g/mol. The van der Waals surface area contributed by atoms with Gasteiger partial charge in [0.15, 0.2) is 5.65 Å². The number of fused-ring (bicyclic) bond motifs is 1.